The van der Waals surface area contributed by atoms with Crippen LogP contribution in [0.3, 0.4) is 0 Å². The molecule has 14 heavy (non-hydrogen) atoms. The van der Waals surface area contributed by atoms with Crippen LogP contribution in [0.2, 0.25) is 0 Å². The van der Waals surface area contributed by atoms with Crippen molar-refractivity contribution < 1.29 is 15.0 Å². The standard InChI is InChI=1S/C11H22O3/c1-9(5-3-7-12)11(14)10(2)6-4-8-13/h9-10,12-13H,3-8H2,1-2H3. The second-order valence-electron chi connectivity index (χ2n) is 3.94. The Bertz CT molecular complexity index is 141. The third-order valence-corrected chi connectivity index (χ3v) is 2.56. The smallest absolute Gasteiger partial charge is 0.138 e. The molecule has 2 unspecified atom stereocenters. The predicted molar refractivity (Wildman–Crippen MR) is 56.0 cm³/mol. The van der Waals surface area contributed by atoms with Crippen LogP contribution in [0.1, 0.15) is 39.5 Å². The van der Waals surface area contributed by atoms with Crippen molar-refractivity contribution in [2.45, 2.75) is 39.5 Å². The summed E-state index contributed by atoms with van der Waals surface area (Å²) in [7, 11) is 0. The highest BCUT2D eigenvalue weighted by molar-refractivity contribution is 5.82. The van der Waals surface area contributed by atoms with E-state index < -0.39 is 0 Å². The van der Waals surface area contributed by atoms with Gasteiger partial charge in [-0.1, -0.05) is 13.8 Å². The molecule has 0 amide bonds. The van der Waals surface area contributed by atoms with Gasteiger partial charge in [0.15, 0.2) is 0 Å². The van der Waals surface area contributed by atoms with Gasteiger partial charge in [-0.3, -0.25) is 4.79 Å². The second-order valence-corrected chi connectivity index (χ2v) is 3.94. The maximum atomic E-state index is 11.7. The number of ketones is 1. The Morgan fingerprint density at radius 2 is 1.36 bits per heavy atom. The highest BCUT2D eigenvalue weighted by Crippen LogP contribution is 2.16. The summed E-state index contributed by atoms with van der Waals surface area (Å²) in [4.78, 5) is 11.7. The Kier molecular flexibility index (Phi) is 7.71. The fraction of sp³-hybridized carbons (Fsp3) is 0.909. The molecule has 2 N–H and O–H groups in total. The van der Waals surface area contributed by atoms with E-state index in [2.05, 4.69) is 0 Å². The highest BCUT2D eigenvalue weighted by Gasteiger charge is 2.18. The van der Waals surface area contributed by atoms with Crippen LogP contribution in [0.5, 0.6) is 0 Å². The summed E-state index contributed by atoms with van der Waals surface area (Å²) < 4.78 is 0. The van der Waals surface area contributed by atoms with E-state index in [0.717, 1.165) is 12.8 Å². The number of rotatable bonds is 8. The molecule has 0 bridgehead atoms. The first kappa shape index (κ1) is 13.6. The Balaban J connectivity index is 3.78. The summed E-state index contributed by atoms with van der Waals surface area (Å²) in [5.74, 6) is 0.332. The molecular formula is C11H22O3. The first-order chi connectivity index (χ1) is 6.63. The number of Topliss-reactive ketones (excluding diaryl/α,β-unsaturated/α-hetero) is 1. The molecule has 0 fully saturated rings. The van der Waals surface area contributed by atoms with Gasteiger partial charge >= 0.3 is 0 Å². The summed E-state index contributed by atoms with van der Waals surface area (Å²) in [6.07, 6.45) is 2.91. The Morgan fingerprint density at radius 3 is 1.64 bits per heavy atom. The SMILES string of the molecule is CC(CCCO)C(=O)C(C)CCCO. The van der Waals surface area contributed by atoms with Gasteiger partial charge in [-0.15, -0.1) is 0 Å². The third-order valence-electron chi connectivity index (χ3n) is 2.56. The van der Waals surface area contributed by atoms with Crippen LogP contribution >= 0.6 is 0 Å². The molecule has 0 aliphatic rings. The number of carbonyl (C=O) groups excluding carboxylic acids is 1. The molecule has 3 nitrogen and oxygen atoms in total. The molecule has 0 heterocycles. The van der Waals surface area contributed by atoms with E-state index in [0.29, 0.717) is 12.8 Å². The van der Waals surface area contributed by atoms with E-state index in [9.17, 15) is 4.79 Å². The fourth-order valence-electron chi connectivity index (χ4n) is 1.57. The van der Waals surface area contributed by atoms with Gasteiger partial charge in [-0.2, -0.15) is 0 Å². The normalized spacial score (nSPS) is 15.1. The lowest BCUT2D eigenvalue weighted by atomic mass is 9.89. The molecule has 0 saturated carbocycles. The zero-order valence-electron chi connectivity index (χ0n) is 9.20. The van der Waals surface area contributed by atoms with Crippen molar-refractivity contribution in [1.82, 2.24) is 0 Å². The summed E-state index contributed by atoms with van der Waals surface area (Å²) in [5.41, 5.74) is 0. The molecule has 0 spiro atoms. The number of aliphatic hydroxyl groups excluding tert-OH is 2. The lowest BCUT2D eigenvalue weighted by molar-refractivity contribution is -0.126. The van der Waals surface area contributed by atoms with E-state index in [4.69, 9.17) is 10.2 Å². The van der Waals surface area contributed by atoms with Gasteiger partial charge in [0.05, 0.1) is 0 Å². The topological polar surface area (TPSA) is 57.5 Å². The quantitative estimate of drug-likeness (QED) is 0.625. The van der Waals surface area contributed by atoms with Crippen molar-refractivity contribution in [2.75, 3.05) is 13.2 Å². The minimum Gasteiger partial charge on any atom is -0.396 e. The lowest BCUT2D eigenvalue weighted by Crippen LogP contribution is -2.20. The molecule has 0 aromatic heterocycles. The van der Waals surface area contributed by atoms with Crippen LogP contribution in [0.4, 0.5) is 0 Å². The van der Waals surface area contributed by atoms with Gasteiger partial charge in [-0.05, 0) is 25.7 Å². The van der Waals surface area contributed by atoms with Crippen LogP contribution in [0.15, 0.2) is 0 Å². The number of hydrogen-bond donors (Lipinski definition) is 2. The molecule has 0 aromatic carbocycles. The molecule has 0 rings (SSSR count). The molecule has 2 atom stereocenters. The van der Waals surface area contributed by atoms with E-state index in [1.807, 2.05) is 13.8 Å². The third kappa shape index (κ3) is 5.35. The molecule has 0 aliphatic carbocycles. The fourth-order valence-corrected chi connectivity index (χ4v) is 1.57. The van der Waals surface area contributed by atoms with Crippen LogP contribution in [0.25, 0.3) is 0 Å². The Hall–Kier alpha value is -0.410. The monoisotopic (exact) mass is 202 g/mol. The molecule has 0 aromatic rings. The molecule has 0 saturated heterocycles. The summed E-state index contributed by atoms with van der Waals surface area (Å²) in [5, 5.41) is 17.3. The molecule has 3 heteroatoms. The van der Waals surface area contributed by atoms with Crippen molar-refractivity contribution in [3.05, 3.63) is 0 Å². The first-order valence-electron chi connectivity index (χ1n) is 5.39. The predicted octanol–water partition coefficient (Wildman–Crippen LogP) is 1.37. The van der Waals surface area contributed by atoms with Crippen molar-refractivity contribution in [2.24, 2.45) is 11.8 Å². The van der Waals surface area contributed by atoms with Gasteiger partial charge < -0.3 is 10.2 Å². The number of aliphatic hydroxyl groups is 2. The minimum absolute atomic E-state index is 0.0378. The van der Waals surface area contributed by atoms with Crippen molar-refractivity contribution >= 4 is 5.78 Å². The van der Waals surface area contributed by atoms with Gasteiger partial charge in [0.2, 0.25) is 0 Å². The maximum Gasteiger partial charge on any atom is 0.138 e. The van der Waals surface area contributed by atoms with Gasteiger partial charge in [0, 0.05) is 25.0 Å². The van der Waals surface area contributed by atoms with Crippen molar-refractivity contribution in [3.8, 4) is 0 Å². The minimum atomic E-state index is 0.0378. The number of carbonyl (C=O) groups is 1. The highest BCUT2D eigenvalue weighted by atomic mass is 16.3. The molecule has 0 aliphatic heterocycles. The summed E-state index contributed by atoms with van der Waals surface area (Å²) >= 11 is 0. The van der Waals surface area contributed by atoms with E-state index in [1.54, 1.807) is 0 Å². The zero-order valence-corrected chi connectivity index (χ0v) is 9.20. The second kappa shape index (κ2) is 7.94. The van der Waals surface area contributed by atoms with E-state index in [-0.39, 0.29) is 30.8 Å². The first-order valence-corrected chi connectivity index (χ1v) is 5.39. The van der Waals surface area contributed by atoms with E-state index in [1.165, 1.54) is 0 Å². The summed E-state index contributed by atoms with van der Waals surface area (Å²) in [6, 6.07) is 0. The van der Waals surface area contributed by atoms with Crippen molar-refractivity contribution in [1.29, 1.82) is 0 Å². The average molecular weight is 202 g/mol. The van der Waals surface area contributed by atoms with Gasteiger partial charge in [-0.25, -0.2) is 0 Å². The molecule has 84 valence electrons. The largest absolute Gasteiger partial charge is 0.396 e. The molecular weight excluding hydrogens is 180 g/mol. The number of hydrogen-bond acceptors (Lipinski definition) is 3. The van der Waals surface area contributed by atoms with Crippen LogP contribution < -0.4 is 0 Å². The molecule has 0 radical (unpaired) electrons. The van der Waals surface area contributed by atoms with Crippen molar-refractivity contribution in [3.63, 3.8) is 0 Å². The Labute approximate surface area is 86.1 Å². The maximum absolute atomic E-state index is 11.7. The van der Waals surface area contributed by atoms with Crippen LogP contribution in [0, 0.1) is 11.8 Å². The Morgan fingerprint density at radius 1 is 1.00 bits per heavy atom. The van der Waals surface area contributed by atoms with Gasteiger partial charge in [0.1, 0.15) is 5.78 Å². The van der Waals surface area contributed by atoms with E-state index >= 15 is 0 Å². The van der Waals surface area contributed by atoms with Crippen LogP contribution in [-0.2, 0) is 4.79 Å². The summed E-state index contributed by atoms with van der Waals surface area (Å²) in [6.45, 7) is 4.13. The average Bonchev–Trinajstić information content (AvgIpc) is 2.21. The van der Waals surface area contributed by atoms with Gasteiger partial charge in [0.25, 0.3) is 0 Å². The lowest BCUT2D eigenvalue weighted by Gasteiger charge is -2.15. The zero-order chi connectivity index (χ0) is 11.0. The van der Waals surface area contributed by atoms with Crippen LogP contribution in [-0.4, -0.2) is 29.2 Å².